The van der Waals surface area contributed by atoms with E-state index < -0.39 is 47.3 Å². The molecule has 9 nitrogen and oxygen atoms in total. The molecule has 1 aromatic carbocycles. The first-order chi connectivity index (χ1) is 16.0. The third-order valence-corrected chi connectivity index (χ3v) is 5.94. The van der Waals surface area contributed by atoms with E-state index in [4.69, 9.17) is 5.53 Å². The largest absolute Gasteiger partial charge is 0.391 e. The molecule has 0 aliphatic carbocycles. The van der Waals surface area contributed by atoms with Gasteiger partial charge in [-0.2, -0.15) is 0 Å². The maximum absolute atomic E-state index is 14.0. The Hall–Kier alpha value is -3.49. The second-order valence-corrected chi connectivity index (χ2v) is 9.58. The molecule has 180 valence electrons. The van der Waals surface area contributed by atoms with Crippen molar-refractivity contribution in [3.63, 3.8) is 0 Å². The Kier molecular flexibility index (Phi) is 7.54. The molecule has 0 saturated carbocycles. The Labute approximate surface area is 197 Å². The zero-order chi connectivity index (χ0) is 25.0. The molecule has 2 heterocycles. The van der Waals surface area contributed by atoms with Crippen LogP contribution in [0.4, 0.5) is 4.39 Å². The highest BCUT2D eigenvalue weighted by Gasteiger charge is 2.43. The molecule has 2 N–H and O–H groups in total. The molecule has 34 heavy (non-hydrogen) atoms. The van der Waals surface area contributed by atoms with Gasteiger partial charge >= 0.3 is 0 Å². The smallest absolute Gasteiger partial charge is 0.243 e. The number of likely N-dealkylation sites (tertiary alicyclic amines) is 1. The first-order valence-corrected chi connectivity index (χ1v) is 11.1. The number of benzene rings is 1. The molecule has 1 aliphatic heterocycles. The third kappa shape index (κ3) is 5.52. The first kappa shape index (κ1) is 25.1. The Balaban J connectivity index is 1.74. The molecule has 0 unspecified atom stereocenters. The fraction of sp³-hybridized carbons (Fsp3) is 0.458. The van der Waals surface area contributed by atoms with Gasteiger partial charge < -0.3 is 15.3 Å². The standard InChI is InChI=1S/C24H29FN6O3/c1-14(15-5-7-16(8-6-15)18-9-10-27-12-19(18)25)28-22(33)20-11-17(32)13-31(20)23(34)21(29-30-26)24(2,3)4/h5-10,12,14,17,20-21,32H,11,13H2,1-4H3,(H,28,33)/t14-,17+,20-,21+/m0/s1. The number of hydrogen-bond acceptors (Lipinski definition) is 5. The summed E-state index contributed by atoms with van der Waals surface area (Å²) in [6.07, 6.45) is 1.92. The monoisotopic (exact) mass is 468 g/mol. The van der Waals surface area contributed by atoms with Gasteiger partial charge in [0.1, 0.15) is 17.9 Å². The van der Waals surface area contributed by atoms with Crippen LogP contribution in [0.2, 0.25) is 0 Å². The lowest BCUT2D eigenvalue weighted by molar-refractivity contribution is -0.141. The zero-order valence-corrected chi connectivity index (χ0v) is 19.6. The average molecular weight is 469 g/mol. The van der Waals surface area contributed by atoms with Crippen molar-refractivity contribution >= 4 is 11.8 Å². The molecule has 1 fully saturated rings. The van der Waals surface area contributed by atoms with Gasteiger partial charge in [-0.15, -0.1) is 0 Å². The fourth-order valence-corrected chi connectivity index (χ4v) is 4.06. The number of carbonyl (C=O) groups is 2. The van der Waals surface area contributed by atoms with E-state index in [9.17, 15) is 19.1 Å². The molecule has 0 spiro atoms. The summed E-state index contributed by atoms with van der Waals surface area (Å²) in [4.78, 5) is 34.1. The molecule has 1 aromatic heterocycles. The van der Waals surface area contributed by atoms with Crippen LogP contribution in [0.25, 0.3) is 21.6 Å². The van der Waals surface area contributed by atoms with Crippen molar-refractivity contribution in [3.8, 4) is 11.1 Å². The van der Waals surface area contributed by atoms with E-state index in [1.54, 1.807) is 58.0 Å². The topological polar surface area (TPSA) is 131 Å². The van der Waals surface area contributed by atoms with E-state index in [2.05, 4.69) is 20.3 Å². The van der Waals surface area contributed by atoms with Crippen LogP contribution in [0.1, 0.15) is 45.7 Å². The van der Waals surface area contributed by atoms with E-state index in [1.165, 1.54) is 11.1 Å². The average Bonchev–Trinajstić information content (AvgIpc) is 3.18. The number of nitrogens with one attached hydrogen (secondary N) is 1. The molecule has 2 amide bonds. The molecular formula is C24H29FN6O3. The van der Waals surface area contributed by atoms with Crippen LogP contribution in [0.15, 0.2) is 47.8 Å². The minimum absolute atomic E-state index is 0.00891. The van der Waals surface area contributed by atoms with Crippen LogP contribution >= 0.6 is 0 Å². The summed E-state index contributed by atoms with van der Waals surface area (Å²) in [6, 6.07) is 6.43. The number of azide groups is 1. The lowest BCUT2D eigenvalue weighted by atomic mass is 9.86. The predicted molar refractivity (Wildman–Crippen MR) is 125 cm³/mol. The fourth-order valence-electron chi connectivity index (χ4n) is 4.06. The van der Waals surface area contributed by atoms with E-state index in [0.717, 1.165) is 11.8 Å². The lowest BCUT2D eigenvalue weighted by Crippen LogP contribution is -2.51. The summed E-state index contributed by atoms with van der Waals surface area (Å²) in [6.45, 7) is 7.11. The van der Waals surface area contributed by atoms with Gasteiger partial charge in [-0.3, -0.25) is 14.6 Å². The van der Waals surface area contributed by atoms with Crippen LogP contribution in [0.3, 0.4) is 0 Å². The number of rotatable bonds is 6. The molecule has 10 heteroatoms. The zero-order valence-electron chi connectivity index (χ0n) is 19.6. The Morgan fingerprint density at radius 1 is 1.29 bits per heavy atom. The Morgan fingerprint density at radius 2 is 1.97 bits per heavy atom. The Bertz CT molecular complexity index is 1090. The van der Waals surface area contributed by atoms with Gasteiger partial charge in [-0.1, -0.05) is 50.2 Å². The van der Waals surface area contributed by atoms with Gasteiger partial charge in [0.15, 0.2) is 0 Å². The molecule has 1 aliphatic rings. The number of aliphatic hydroxyl groups is 1. The molecule has 0 radical (unpaired) electrons. The molecule has 2 aromatic rings. The van der Waals surface area contributed by atoms with Gasteiger partial charge in [0.05, 0.1) is 18.3 Å². The number of aliphatic hydroxyl groups excluding tert-OH is 1. The minimum Gasteiger partial charge on any atom is -0.391 e. The van der Waals surface area contributed by atoms with Crippen molar-refractivity contribution in [1.82, 2.24) is 15.2 Å². The third-order valence-electron chi connectivity index (χ3n) is 5.94. The van der Waals surface area contributed by atoms with Crippen LogP contribution in [-0.2, 0) is 9.59 Å². The highest BCUT2D eigenvalue weighted by atomic mass is 19.1. The number of nitrogens with zero attached hydrogens (tertiary/aromatic N) is 5. The number of amides is 2. The van der Waals surface area contributed by atoms with Crippen molar-refractivity contribution in [3.05, 3.63) is 64.5 Å². The normalized spacial score (nSPS) is 19.8. The summed E-state index contributed by atoms with van der Waals surface area (Å²) in [5.41, 5.74) is 10.2. The molecular weight excluding hydrogens is 439 g/mol. The summed E-state index contributed by atoms with van der Waals surface area (Å²) in [5, 5.41) is 16.7. The second-order valence-electron chi connectivity index (χ2n) is 9.58. The van der Waals surface area contributed by atoms with E-state index in [0.29, 0.717) is 11.1 Å². The number of β-amino-alcohol motifs (C(OH)–C–C–N with tert-alkyl or cyclic N) is 1. The van der Waals surface area contributed by atoms with Crippen LogP contribution in [0.5, 0.6) is 0 Å². The molecule has 1 saturated heterocycles. The van der Waals surface area contributed by atoms with Crippen molar-refractivity contribution in [1.29, 1.82) is 0 Å². The maximum atomic E-state index is 14.0. The van der Waals surface area contributed by atoms with Crippen LogP contribution in [0, 0.1) is 11.2 Å². The number of pyridine rings is 1. The Morgan fingerprint density at radius 3 is 2.56 bits per heavy atom. The van der Waals surface area contributed by atoms with Crippen molar-refractivity contribution in [2.75, 3.05) is 6.54 Å². The van der Waals surface area contributed by atoms with Gasteiger partial charge in [0.2, 0.25) is 11.8 Å². The maximum Gasteiger partial charge on any atom is 0.243 e. The van der Waals surface area contributed by atoms with Gasteiger partial charge in [0.25, 0.3) is 0 Å². The number of aromatic nitrogens is 1. The van der Waals surface area contributed by atoms with E-state index in [-0.39, 0.29) is 13.0 Å². The number of carbonyl (C=O) groups excluding carboxylic acids is 2. The quantitative estimate of drug-likeness (QED) is 0.380. The second kappa shape index (κ2) is 10.2. The highest BCUT2D eigenvalue weighted by Crippen LogP contribution is 2.29. The van der Waals surface area contributed by atoms with Crippen molar-refractivity contribution in [2.24, 2.45) is 10.5 Å². The summed E-state index contributed by atoms with van der Waals surface area (Å²) < 4.78 is 14.0. The van der Waals surface area contributed by atoms with Crippen LogP contribution < -0.4 is 5.32 Å². The minimum atomic E-state index is -1.00. The number of halogens is 1. The highest BCUT2D eigenvalue weighted by molar-refractivity contribution is 5.91. The SMILES string of the molecule is C[C@H](NC(=O)[C@@H]1C[C@@H](O)CN1C(=O)[C@@H](N=[N+]=[N-])C(C)(C)C)c1ccc(-c2ccncc2F)cc1. The van der Waals surface area contributed by atoms with Crippen LogP contribution in [-0.4, -0.2) is 51.5 Å². The van der Waals surface area contributed by atoms with Gasteiger partial charge in [0, 0.05) is 29.6 Å². The molecule has 4 atom stereocenters. The van der Waals surface area contributed by atoms with Crippen molar-refractivity contribution in [2.45, 2.75) is 58.3 Å². The van der Waals surface area contributed by atoms with E-state index >= 15 is 0 Å². The van der Waals surface area contributed by atoms with Gasteiger partial charge in [-0.05, 0) is 35.1 Å². The summed E-state index contributed by atoms with van der Waals surface area (Å²) >= 11 is 0. The van der Waals surface area contributed by atoms with Gasteiger partial charge in [-0.25, -0.2) is 4.39 Å². The lowest BCUT2D eigenvalue weighted by Gasteiger charge is -2.32. The molecule has 3 rings (SSSR count). The summed E-state index contributed by atoms with van der Waals surface area (Å²) in [7, 11) is 0. The first-order valence-electron chi connectivity index (χ1n) is 11.1. The van der Waals surface area contributed by atoms with Crippen molar-refractivity contribution < 1.29 is 19.1 Å². The van der Waals surface area contributed by atoms with E-state index in [1.807, 2.05) is 0 Å². The number of hydrogen-bond donors (Lipinski definition) is 2. The predicted octanol–water partition coefficient (Wildman–Crippen LogP) is 3.75. The molecule has 0 bridgehead atoms. The summed E-state index contributed by atoms with van der Waals surface area (Å²) in [5.74, 6) is -1.32.